The number of hydrogen-bond donors (Lipinski definition) is 4. The molecule has 1 aliphatic heterocycles. The largest absolute Gasteiger partial charge is 0.474 e. The van der Waals surface area contributed by atoms with Gasteiger partial charge in [-0.2, -0.15) is 0 Å². The average Bonchev–Trinajstić information content (AvgIpc) is 3.18. The standard InChI is InChI=1S/C28H39N5O4/c1-5-6-7-20(26(35)31-18-8-9-23(30-16-18)37-19-10-12-29-13-11-19)33-27(36)25-17(2)24-21(32-25)14-28(3,4)15-22(24)34/h8-9,16,19-20,29,32H,5-7,10-15H2,1-4H3,(H,31,35)(H,33,36). The van der Waals surface area contributed by atoms with Gasteiger partial charge in [0.1, 0.15) is 17.8 Å². The van der Waals surface area contributed by atoms with Gasteiger partial charge in [-0.05, 0) is 62.7 Å². The van der Waals surface area contributed by atoms with Crippen molar-refractivity contribution < 1.29 is 19.1 Å². The van der Waals surface area contributed by atoms with E-state index in [0.29, 0.717) is 47.7 Å². The van der Waals surface area contributed by atoms with Crippen molar-refractivity contribution in [3.05, 3.63) is 40.8 Å². The van der Waals surface area contributed by atoms with Crippen LogP contribution in [0.15, 0.2) is 18.3 Å². The third-order valence-electron chi connectivity index (χ3n) is 7.17. The van der Waals surface area contributed by atoms with E-state index in [1.807, 2.05) is 6.92 Å². The number of Topliss-reactive ketones (excluding diaryl/α,β-unsaturated/α-hetero) is 1. The van der Waals surface area contributed by atoms with E-state index in [9.17, 15) is 14.4 Å². The molecule has 0 radical (unpaired) electrons. The van der Waals surface area contributed by atoms with Crippen molar-refractivity contribution in [2.75, 3.05) is 18.4 Å². The van der Waals surface area contributed by atoms with Crippen molar-refractivity contribution in [3.63, 3.8) is 0 Å². The first-order valence-corrected chi connectivity index (χ1v) is 13.4. The normalized spacial score (nSPS) is 18.1. The molecule has 1 atom stereocenters. The Hall–Kier alpha value is -3.20. The van der Waals surface area contributed by atoms with Crippen LogP contribution in [0.1, 0.15) is 91.4 Å². The number of nitrogens with one attached hydrogen (secondary N) is 4. The summed E-state index contributed by atoms with van der Waals surface area (Å²) in [6.45, 7) is 9.80. The number of ketones is 1. The minimum atomic E-state index is -0.718. The Morgan fingerprint density at radius 1 is 1.22 bits per heavy atom. The number of anilines is 1. The molecule has 0 aromatic carbocycles. The van der Waals surface area contributed by atoms with Crippen LogP contribution in [0.2, 0.25) is 0 Å². The van der Waals surface area contributed by atoms with Crippen LogP contribution in [-0.2, 0) is 11.2 Å². The number of aromatic amines is 1. The Labute approximate surface area is 218 Å². The number of amides is 2. The molecule has 2 aliphatic rings. The van der Waals surface area contributed by atoms with Gasteiger partial charge in [-0.15, -0.1) is 0 Å². The highest BCUT2D eigenvalue weighted by molar-refractivity contribution is 6.06. The summed E-state index contributed by atoms with van der Waals surface area (Å²) in [5, 5.41) is 9.07. The van der Waals surface area contributed by atoms with Gasteiger partial charge in [0.2, 0.25) is 11.8 Å². The summed E-state index contributed by atoms with van der Waals surface area (Å²) in [6.07, 6.45) is 6.93. The van der Waals surface area contributed by atoms with Crippen LogP contribution in [-0.4, -0.2) is 52.8 Å². The molecule has 0 saturated carbocycles. The molecule has 37 heavy (non-hydrogen) atoms. The van der Waals surface area contributed by atoms with Crippen molar-refractivity contribution in [3.8, 4) is 5.88 Å². The molecule has 200 valence electrons. The van der Waals surface area contributed by atoms with Crippen molar-refractivity contribution in [2.24, 2.45) is 5.41 Å². The maximum atomic E-state index is 13.2. The third-order valence-corrected chi connectivity index (χ3v) is 7.17. The quantitative estimate of drug-likeness (QED) is 0.406. The van der Waals surface area contributed by atoms with E-state index in [0.717, 1.165) is 44.5 Å². The van der Waals surface area contributed by atoms with E-state index < -0.39 is 6.04 Å². The van der Waals surface area contributed by atoms with Crippen molar-refractivity contribution in [1.29, 1.82) is 0 Å². The summed E-state index contributed by atoms with van der Waals surface area (Å²) >= 11 is 0. The highest BCUT2D eigenvalue weighted by Crippen LogP contribution is 2.36. The van der Waals surface area contributed by atoms with Crippen LogP contribution in [0.25, 0.3) is 0 Å². The van der Waals surface area contributed by atoms with E-state index in [4.69, 9.17) is 4.74 Å². The van der Waals surface area contributed by atoms with Crippen LogP contribution in [0.3, 0.4) is 0 Å². The van der Waals surface area contributed by atoms with Gasteiger partial charge in [0.25, 0.3) is 5.91 Å². The molecule has 2 amide bonds. The number of hydrogen-bond acceptors (Lipinski definition) is 6. The van der Waals surface area contributed by atoms with E-state index in [2.05, 4.69) is 39.8 Å². The molecule has 1 aliphatic carbocycles. The number of carbonyl (C=O) groups is 3. The molecule has 0 bridgehead atoms. The predicted molar refractivity (Wildman–Crippen MR) is 142 cm³/mol. The minimum absolute atomic E-state index is 0.0550. The van der Waals surface area contributed by atoms with Gasteiger partial charge in [-0.25, -0.2) is 4.98 Å². The number of H-pyrrole nitrogens is 1. The number of unbranched alkanes of at least 4 members (excludes halogenated alkanes) is 1. The Bertz CT molecular complexity index is 1130. The van der Waals surface area contributed by atoms with Gasteiger partial charge < -0.3 is 25.7 Å². The van der Waals surface area contributed by atoms with Gasteiger partial charge in [-0.1, -0.05) is 33.6 Å². The van der Waals surface area contributed by atoms with Crippen molar-refractivity contribution in [1.82, 2.24) is 20.6 Å². The topological polar surface area (TPSA) is 125 Å². The first-order chi connectivity index (χ1) is 17.7. The average molecular weight is 510 g/mol. The molecular formula is C28H39N5O4. The van der Waals surface area contributed by atoms with Crippen molar-refractivity contribution in [2.45, 2.75) is 84.8 Å². The monoisotopic (exact) mass is 509 g/mol. The number of piperidine rings is 1. The fraction of sp³-hybridized carbons (Fsp3) is 0.571. The lowest BCUT2D eigenvalue weighted by molar-refractivity contribution is -0.118. The lowest BCUT2D eigenvalue weighted by Gasteiger charge is -2.28. The third kappa shape index (κ3) is 6.57. The predicted octanol–water partition coefficient (Wildman–Crippen LogP) is 3.93. The zero-order chi connectivity index (χ0) is 26.6. The highest BCUT2D eigenvalue weighted by atomic mass is 16.5. The minimum Gasteiger partial charge on any atom is -0.474 e. The molecule has 3 heterocycles. The van der Waals surface area contributed by atoms with E-state index in [1.165, 1.54) is 0 Å². The van der Waals surface area contributed by atoms with Crippen LogP contribution >= 0.6 is 0 Å². The zero-order valence-electron chi connectivity index (χ0n) is 22.3. The molecular weight excluding hydrogens is 470 g/mol. The molecule has 9 nitrogen and oxygen atoms in total. The van der Waals surface area contributed by atoms with E-state index >= 15 is 0 Å². The first-order valence-electron chi connectivity index (χ1n) is 13.4. The Balaban J connectivity index is 1.42. The number of rotatable bonds is 9. The number of fused-ring (bicyclic) bond motifs is 1. The van der Waals surface area contributed by atoms with Gasteiger partial charge in [0.15, 0.2) is 5.78 Å². The number of aromatic nitrogens is 2. The number of carbonyl (C=O) groups excluding carboxylic acids is 3. The molecule has 4 rings (SSSR count). The second kappa shape index (κ2) is 11.5. The van der Waals surface area contributed by atoms with Gasteiger partial charge in [-0.3, -0.25) is 14.4 Å². The van der Waals surface area contributed by atoms with Crippen LogP contribution < -0.4 is 20.7 Å². The molecule has 1 fully saturated rings. The Kier molecular flexibility index (Phi) is 8.32. The van der Waals surface area contributed by atoms with Gasteiger partial charge >= 0.3 is 0 Å². The van der Waals surface area contributed by atoms with Gasteiger partial charge in [0.05, 0.1) is 11.9 Å². The smallest absolute Gasteiger partial charge is 0.268 e. The lowest BCUT2D eigenvalue weighted by atomic mass is 9.75. The van der Waals surface area contributed by atoms with Crippen molar-refractivity contribution >= 4 is 23.3 Å². The highest BCUT2D eigenvalue weighted by Gasteiger charge is 2.35. The summed E-state index contributed by atoms with van der Waals surface area (Å²) < 4.78 is 5.94. The van der Waals surface area contributed by atoms with Gasteiger partial charge in [0, 0.05) is 23.7 Å². The summed E-state index contributed by atoms with van der Waals surface area (Å²) in [4.78, 5) is 46.7. The van der Waals surface area contributed by atoms with Crippen LogP contribution in [0.4, 0.5) is 5.69 Å². The second-order valence-corrected chi connectivity index (χ2v) is 11.0. The molecule has 9 heteroatoms. The van der Waals surface area contributed by atoms with E-state index in [-0.39, 0.29) is 29.1 Å². The maximum Gasteiger partial charge on any atom is 0.268 e. The summed E-state index contributed by atoms with van der Waals surface area (Å²) in [5.74, 6) is -0.0940. The Morgan fingerprint density at radius 3 is 2.65 bits per heavy atom. The fourth-order valence-corrected chi connectivity index (χ4v) is 5.20. The second-order valence-electron chi connectivity index (χ2n) is 11.0. The lowest BCUT2D eigenvalue weighted by Crippen LogP contribution is -2.44. The fourth-order valence-electron chi connectivity index (χ4n) is 5.20. The maximum absolute atomic E-state index is 13.2. The van der Waals surface area contributed by atoms with Crippen LogP contribution in [0.5, 0.6) is 5.88 Å². The summed E-state index contributed by atoms with van der Waals surface area (Å²) in [5.41, 5.74) is 2.81. The SMILES string of the molecule is CCCCC(NC(=O)c1[nH]c2c(c1C)C(=O)CC(C)(C)C2)C(=O)Nc1ccc(OC2CCNCC2)nc1. The number of ether oxygens (including phenoxy) is 1. The van der Waals surface area contributed by atoms with E-state index in [1.54, 1.807) is 25.3 Å². The zero-order valence-corrected chi connectivity index (χ0v) is 22.3. The molecule has 2 aromatic heterocycles. The molecule has 4 N–H and O–H groups in total. The molecule has 1 saturated heterocycles. The summed E-state index contributed by atoms with van der Waals surface area (Å²) in [6, 6.07) is 2.80. The molecule has 1 unspecified atom stereocenters. The Morgan fingerprint density at radius 2 is 1.97 bits per heavy atom. The molecule has 2 aromatic rings. The number of nitrogens with zero attached hydrogens (tertiary/aromatic N) is 1. The summed E-state index contributed by atoms with van der Waals surface area (Å²) in [7, 11) is 0. The first kappa shape index (κ1) is 26.9. The molecule has 0 spiro atoms. The van der Waals surface area contributed by atoms with Crippen LogP contribution in [0, 0.1) is 12.3 Å². The number of pyridine rings is 1.